The number of nitrogens with one attached hydrogen (secondary N) is 1. The van der Waals surface area contributed by atoms with Crippen LogP contribution in [0.1, 0.15) is 19.3 Å². The maximum atomic E-state index is 14.7. The molecular weight excluding hydrogens is 494 g/mol. The SMILES string of the molecule is C=CC(=O)N1CC2CC[C@H]1C[C@@H]2Oc1cc2c(Nc3ccc(Cl)c(Cl)c3F)ncnc2cc1OC. The van der Waals surface area contributed by atoms with E-state index in [4.69, 9.17) is 32.7 Å². The number of fused-ring (bicyclic) bond motifs is 4. The average molecular weight is 517 g/mol. The minimum absolute atomic E-state index is 0.0381. The van der Waals surface area contributed by atoms with Gasteiger partial charge in [-0.2, -0.15) is 0 Å². The number of methoxy groups -OCH3 is 1. The Hall–Kier alpha value is -3.10. The zero-order chi connectivity index (χ0) is 24.7. The van der Waals surface area contributed by atoms with Crippen molar-refractivity contribution >= 4 is 51.5 Å². The van der Waals surface area contributed by atoms with Crippen LogP contribution in [0.5, 0.6) is 11.5 Å². The lowest BCUT2D eigenvalue weighted by Gasteiger charge is -2.48. The summed E-state index contributed by atoms with van der Waals surface area (Å²) in [5, 5.41) is 3.56. The van der Waals surface area contributed by atoms with Gasteiger partial charge in [-0.15, -0.1) is 0 Å². The highest BCUT2D eigenvalue weighted by molar-refractivity contribution is 6.42. The minimum Gasteiger partial charge on any atom is -0.493 e. The number of piperidine rings is 2. The molecule has 3 heterocycles. The number of ether oxygens (including phenoxy) is 2. The maximum Gasteiger partial charge on any atom is 0.246 e. The Morgan fingerprint density at radius 2 is 2.09 bits per heavy atom. The number of hydrogen-bond acceptors (Lipinski definition) is 6. The Morgan fingerprint density at radius 3 is 2.80 bits per heavy atom. The molecule has 1 aromatic heterocycles. The Morgan fingerprint density at radius 1 is 1.26 bits per heavy atom. The molecule has 35 heavy (non-hydrogen) atoms. The Labute approximate surface area is 211 Å². The van der Waals surface area contributed by atoms with Gasteiger partial charge in [0.25, 0.3) is 0 Å². The maximum absolute atomic E-state index is 14.7. The number of benzene rings is 2. The summed E-state index contributed by atoms with van der Waals surface area (Å²) in [5.41, 5.74) is 0.731. The summed E-state index contributed by atoms with van der Waals surface area (Å²) in [6, 6.07) is 6.68. The third kappa shape index (κ3) is 4.36. The molecule has 6 rings (SSSR count). The van der Waals surface area contributed by atoms with Crippen LogP contribution in [0.4, 0.5) is 15.9 Å². The van der Waals surface area contributed by atoms with Gasteiger partial charge in [0.1, 0.15) is 18.2 Å². The van der Waals surface area contributed by atoms with Gasteiger partial charge in [0.2, 0.25) is 5.91 Å². The minimum atomic E-state index is -0.673. The number of rotatable bonds is 6. The van der Waals surface area contributed by atoms with Crippen LogP contribution in [-0.2, 0) is 4.79 Å². The molecule has 3 aromatic rings. The lowest BCUT2D eigenvalue weighted by Crippen LogP contribution is -2.57. The van der Waals surface area contributed by atoms with Crippen LogP contribution in [0.15, 0.2) is 43.2 Å². The molecule has 3 atom stereocenters. The zero-order valence-corrected chi connectivity index (χ0v) is 20.4. The third-order valence-corrected chi connectivity index (χ3v) is 7.50. The van der Waals surface area contributed by atoms with Crippen molar-refractivity contribution in [3.8, 4) is 11.5 Å². The third-order valence-electron chi connectivity index (χ3n) is 6.72. The van der Waals surface area contributed by atoms with Crippen LogP contribution in [0.2, 0.25) is 10.0 Å². The van der Waals surface area contributed by atoms with E-state index < -0.39 is 5.82 Å². The van der Waals surface area contributed by atoms with Gasteiger partial charge in [0.15, 0.2) is 17.3 Å². The first-order valence-corrected chi connectivity index (χ1v) is 12.0. The number of carbonyl (C=O) groups excluding carboxylic acids is 1. The van der Waals surface area contributed by atoms with Crippen molar-refractivity contribution in [3.63, 3.8) is 0 Å². The summed E-state index contributed by atoms with van der Waals surface area (Å²) in [6.07, 6.45) is 5.35. The van der Waals surface area contributed by atoms with E-state index in [1.807, 2.05) is 4.90 Å². The Bertz CT molecular complexity index is 1320. The second kappa shape index (κ2) is 9.51. The summed E-state index contributed by atoms with van der Waals surface area (Å²) in [7, 11) is 1.57. The van der Waals surface area contributed by atoms with Crippen LogP contribution in [0.3, 0.4) is 0 Å². The fraction of sp³-hybridized carbons (Fsp3) is 0.320. The smallest absolute Gasteiger partial charge is 0.246 e. The molecule has 0 spiro atoms. The summed E-state index contributed by atoms with van der Waals surface area (Å²) in [4.78, 5) is 22.7. The molecule has 3 fully saturated rings. The van der Waals surface area contributed by atoms with Crippen LogP contribution in [-0.4, -0.2) is 46.6 Å². The largest absolute Gasteiger partial charge is 0.493 e. The molecule has 0 radical (unpaired) electrons. The number of nitrogens with zero attached hydrogens (tertiary/aromatic N) is 3. The fourth-order valence-electron chi connectivity index (χ4n) is 4.92. The number of halogens is 3. The molecule has 1 amide bonds. The van der Waals surface area contributed by atoms with Gasteiger partial charge in [-0.05, 0) is 37.1 Å². The van der Waals surface area contributed by atoms with Gasteiger partial charge in [-0.1, -0.05) is 29.8 Å². The first kappa shape index (κ1) is 23.6. The molecule has 2 saturated heterocycles. The number of amides is 1. The van der Waals surface area contributed by atoms with Gasteiger partial charge < -0.3 is 19.7 Å². The van der Waals surface area contributed by atoms with Crippen LogP contribution in [0, 0.1) is 11.7 Å². The van der Waals surface area contributed by atoms with E-state index in [0.29, 0.717) is 34.8 Å². The molecule has 2 bridgehead atoms. The van der Waals surface area contributed by atoms with Gasteiger partial charge in [-0.25, -0.2) is 14.4 Å². The molecule has 2 aliphatic heterocycles. The number of carbonyl (C=O) groups is 1. The highest BCUT2D eigenvalue weighted by Crippen LogP contribution is 2.41. The van der Waals surface area contributed by atoms with E-state index in [2.05, 4.69) is 21.9 Å². The molecule has 1 unspecified atom stereocenters. The molecule has 1 aliphatic carbocycles. The molecule has 7 nitrogen and oxygen atoms in total. The van der Waals surface area contributed by atoms with Crippen molar-refractivity contribution in [2.75, 3.05) is 19.0 Å². The van der Waals surface area contributed by atoms with Crippen molar-refractivity contribution in [2.24, 2.45) is 5.92 Å². The average Bonchev–Trinajstić information content (AvgIpc) is 2.88. The molecule has 182 valence electrons. The predicted molar refractivity (Wildman–Crippen MR) is 133 cm³/mol. The van der Waals surface area contributed by atoms with Gasteiger partial charge in [0, 0.05) is 36.4 Å². The Balaban J connectivity index is 1.46. The second-order valence-corrected chi connectivity index (χ2v) is 9.45. The number of hydrogen-bond donors (Lipinski definition) is 1. The first-order chi connectivity index (χ1) is 16.9. The first-order valence-electron chi connectivity index (χ1n) is 11.2. The fourth-order valence-corrected chi connectivity index (χ4v) is 5.24. The van der Waals surface area contributed by atoms with Gasteiger partial charge in [0.05, 0.1) is 28.4 Å². The van der Waals surface area contributed by atoms with Crippen molar-refractivity contribution in [1.82, 2.24) is 14.9 Å². The summed E-state index contributed by atoms with van der Waals surface area (Å²) < 4.78 is 26.7. The van der Waals surface area contributed by atoms with Crippen molar-refractivity contribution < 1.29 is 18.7 Å². The van der Waals surface area contributed by atoms with Crippen molar-refractivity contribution in [3.05, 3.63) is 59.1 Å². The van der Waals surface area contributed by atoms with E-state index in [0.717, 1.165) is 19.3 Å². The Kier molecular flexibility index (Phi) is 6.42. The normalized spacial score (nSPS) is 21.1. The second-order valence-electron chi connectivity index (χ2n) is 8.67. The summed E-state index contributed by atoms with van der Waals surface area (Å²) in [6.45, 7) is 4.26. The van der Waals surface area contributed by atoms with Crippen LogP contribution in [0.25, 0.3) is 10.9 Å². The highest BCUT2D eigenvalue weighted by atomic mass is 35.5. The van der Waals surface area contributed by atoms with Crippen molar-refractivity contribution in [2.45, 2.75) is 31.4 Å². The standard InChI is InChI=1S/C25H23Cl2FN4O3/c1-3-22(33)32-11-13-4-5-14(32)8-19(13)35-21-9-15-18(10-20(21)34-2)29-12-30-25(15)31-17-7-6-16(26)23(27)24(17)28/h3,6-7,9-10,12-14,19H,1,4-5,8,11H2,2H3,(H,29,30,31)/t13?,14-,19-/m0/s1. The van der Waals surface area contributed by atoms with E-state index in [-0.39, 0.29) is 39.7 Å². The van der Waals surface area contributed by atoms with E-state index >= 15 is 0 Å². The molecule has 10 heteroatoms. The zero-order valence-electron chi connectivity index (χ0n) is 18.9. The van der Waals surface area contributed by atoms with Crippen molar-refractivity contribution in [1.29, 1.82) is 0 Å². The van der Waals surface area contributed by atoms with E-state index in [1.165, 1.54) is 24.5 Å². The van der Waals surface area contributed by atoms with Gasteiger partial charge in [-0.3, -0.25) is 4.79 Å². The predicted octanol–water partition coefficient (Wildman–Crippen LogP) is 5.77. The molecule has 2 aromatic carbocycles. The van der Waals surface area contributed by atoms with E-state index in [1.54, 1.807) is 19.2 Å². The highest BCUT2D eigenvalue weighted by Gasteiger charge is 2.43. The molecular formula is C25H23Cl2FN4O3. The quantitative estimate of drug-likeness (QED) is 0.331. The van der Waals surface area contributed by atoms with Crippen LogP contribution >= 0.6 is 23.2 Å². The molecule has 1 N–H and O–H groups in total. The lowest BCUT2D eigenvalue weighted by molar-refractivity contribution is -0.137. The summed E-state index contributed by atoms with van der Waals surface area (Å²) in [5.74, 6) is 0.943. The van der Waals surface area contributed by atoms with E-state index in [9.17, 15) is 9.18 Å². The lowest BCUT2D eigenvalue weighted by atomic mass is 9.77. The monoisotopic (exact) mass is 516 g/mol. The number of anilines is 2. The molecule has 3 aliphatic rings. The number of aromatic nitrogens is 2. The topological polar surface area (TPSA) is 76.6 Å². The van der Waals surface area contributed by atoms with Gasteiger partial charge >= 0.3 is 0 Å². The van der Waals surface area contributed by atoms with Crippen LogP contribution < -0.4 is 14.8 Å². The summed E-state index contributed by atoms with van der Waals surface area (Å²) >= 11 is 11.9. The molecule has 1 saturated carbocycles.